The fourth-order valence-electron chi connectivity index (χ4n) is 2.76. The van der Waals surface area contributed by atoms with Crippen molar-refractivity contribution in [2.24, 2.45) is 0 Å². The number of nitrogens with zero attached hydrogens (tertiary/aromatic N) is 4. The van der Waals surface area contributed by atoms with Gasteiger partial charge in [0, 0.05) is 22.2 Å². The minimum atomic E-state index is 0.0726. The fraction of sp³-hybridized carbons (Fsp3) is 0.167. The number of anilines is 1. The van der Waals surface area contributed by atoms with E-state index in [1.807, 2.05) is 51.9 Å². The van der Waals surface area contributed by atoms with Crippen LogP contribution in [0.15, 0.2) is 64.9 Å². The Hall–Kier alpha value is -1.96. The molecule has 3 aromatic rings. The summed E-state index contributed by atoms with van der Waals surface area (Å²) in [6.45, 7) is 0.724. The molecule has 0 bridgehead atoms. The second-order valence-corrected chi connectivity index (χ2v) is 8.13. The third-order valence-electron chi connectivity index (χ3n) is 3.96. The van der Waals surface area contributed by atoms with Gasteiger partial charge < -0.3 is 4.90 Å². The van der Waals surface area contributed by atoms with Gasteiger partial charge in [0.1, 0.15) is 6.33 Å². The van der Waals surface area contributed by atoms with Crippen molar-refractivity contribution in [3.63, 3.8) is 0 Å². The zero-order chi connectivity index (χ0) is 17.9. The van der Waals surface area contributed by atoms with E-state index in [-0.39, 0.29) is 5.91 Å². The molecule has 0 atom stereocenters. The average Bonchev–Trinajstić information content (AvgIpc) is 3.14. The lowest BCUT2D eigenvalue weighted by Crippen LogP contribution is -2.36. The maximum absolute atomic E-state index is 12.8. The molecular formula is C18H15ClN4OS2. The Bertz CT molecular complexity index is 946. The van der Waals surface area contributed by atoms with Crippen LogP contribution in [0.5, 0.6) is 0 Å². The molecule has 5 nitrogen and oxygen atoms in total. The molecule has 8 heteroatoms. The minimum Gasteiger partial charge on any atom is -0.310 e. The summed E-state index contributed by atoms with van der Waals surface area (Å²) in [4.78, 5) is 15.8. The molecule has 0 saturated heterocycles. The number of carbonyl (C=O) groups is 1. The number of hydrogen-bond donors (Lipinski definition) is 0. The van der Waals surface area contributed by atoms with E-state index in [0.29, 0.717) is 15.9 Å². The number of fused-ring (bicyclic) bond motifs is 1. The summed E-state index contributed by atoms with van der Waals surface area (Å²) in [5.41, 5.74) is 1.86. The minimum absolute atomic E-state index is 0.0726. The first-order chi connectivity index (χ1) is 12.7. The van der Waals surface area contributed by atoms with Crippen molar-refractivity contribution < 1.29 is 4.79 Å². The number of amides is 1. The van der Waals surface area contributed by atoms with Crippen molar-refractivity contribution in [1.82, 2.24) is 14.8 Å². The summed E-state index contributed by atoms with van der Waals surface area (Å²) in [7, 11) is 0. The zero-order valence-electron chi connectivity index (χ0n) is 13.7. The molecule has 2 aromatic carbocycles. The molecule has 26 heavy (non-hydrogen) atoms. The Morgan fingerprint density at radius 1 is 1.23 bits per heavy atom. The summed E-state index contributed by atoms with van der Waals surface area (Å²) in [5.74, 6) is 1.29. The SMILES string of the molecule is O=C(CSc1nncn1-c1cccc(Cl)c1)N1CCSc2ccccc21. The second kappa shape index (κ2) is 7.73. The molecule has 0 spiro atoms. The Labute approximate surface area is 164 Å². The monoisotopic (exact) mass is 402 g/mol. The number of aromatic nitrogens is 3. The fourth-order valence-corrected chi connectivity index (χ4v) is 4.74. The number of halogens is 1. The number of rotatable bonds is 4. The highest BCUT2D eigenvalue weighted by Gasteiger charge is 2.23. The van der Waals surface area contributed by atoms with E-state index in [0.717, 1.165) is 28.6 Å². The largest absolute Gasteiger partial charge is 0.310 e. The summed E-state index contributed by atoms with van der Waals surface area (Å²) in [5, 5.41) is 9.43. The molecular weight excluding hydrogens is 388 g/mol. The summed E-state index contributed by atoms with van der Waals surface area (Å²) in [6.07, 6.45) is 1.63. The lowest BCUT2D eigenvalue weighted by molar-refractivity contribution is -0.116. The zero-order valence-corrected chi connectivity index (χ0v) is 16.1. The normalized spacial score (nSPS) is 13.5. The highest BCUT2D eigenvalue weighted by atomic mass is 35.5. The van der Waals surface area contributed by atoms with E-state index in [4.69, 9.17) is 11.6 Å². The van der Waals surface area contributed by atoms with Crippen molar-refractivity contribution in [1.29, 1.82) is 0 Å². The van der Waals surface area contributed by atoms with Gasteiger partial charge in [-0.3, -0.25) is 9.36 Å². The van der Waals surface area contributed by atoms with E-state index in [1.165, 1.54) is 11.8 Å². The van der Waals surface area contributed by atoms with Gasteiger partial charge >= 0.3 is 0 Å². The maximum atomic E-state index is 12.8. The van der Waals surface area contributed by atoms with Gasteiger partial charge in [0.05, 0.1) is 17.1 Å². The van der Waals surface area contributed by atoms with Crippen LogP contribution in [0.1, 0.15) is 0 Å². The van der Waals surface area contributed by atoms with Gasteiger partial charge in [-0.15, -0.1) is 22.0 Å². The van der Waals surface area contributed by atoms with Crippen LogP contribution in [-0.2, 0) is 4.79 Å². The number of para-hydroxylation sites is 1. The van der Waals surface area contributed by atoms with Gasteiger partial charge in [-0.2, -0.15) is 0 Å². The van der Waals surface area contributed by atoms with Crippen LogP contribution in [0.3, 0.4) is 0 Å². The predicted octanol–water partition coefficient (Wildman–Crippen LogP) is 4.15. The van der Waals surface area contributed by atoms with E-state index in [9.17, 15) is 4.79 Å². The van der Waals surface area contributed by atoms with Gasteiger partial charge in [0.15, 0.2) is 5.16 Å². The van der Waals surface area contributed by atoms with Gasteiger partial charge in [-0.1, -0.05) is 41.6 Å². The Balaban J connectivity index is 1.49. The molecule has 4 rings (SSSR count). The first kappa shape index (κ1) is 17.5. The molecule has 1 aliphatic rings. The number of carbonyl (C=O) groups excluding carboxylic acids is 1. The van der Waals surface area contributed by atoms with Gasteiger partial charge in [-0.05, 0) is 30.3 Å². The summed E-state index contributed by atoms with van der Waals surface area (Å²) >= 11 is 9.23. The quantitative estimate of drug-likeness (QED) is 0.613. The molecule has 0 radical (unpaired) electrons. The molecule has 0 fully saturated rings. The standard InChI is InChI=1S/C18H15ClN4OS2/c19-13-4-3-5-14(10-13)23-12-20-21-18(23)26-11-17(24)22-8-9-25-16-7-2-1-6-15(16)22/h1-7,10,12H,8-9,11H2. The molecule has 2 heterocycles. The highest BCUT2D eigenvalue weighted by Crippen LogP contribution is 2.34. The smallest absolute Gasteiger partial charge is 0.237 e. The molecule has 132 valence electrons. The third kappa shape index (κ3) is 3.60. The molecule has 0 N–H and O–H groups in total. The van der Waals surface area contributed by atoms with Crippen molar-refractivity contribution in [2.45, 2.75) is 10.1 Å². The van der Waals surface area contributed by atoms with E-state index >= 15 is 0 Å². The lowest BCUT2D eigenvalue weighted by Gasteiger charge is -2.28. The van der Waals surface area contributed by atoms with Crippen molar-refractivity contribution in [3.05, 3.63) is 59.9 Å². The summed E-state index contributed by atoms with van der Waals surface area (Å²) < 4.78 is 1.84. The first-order valence-electron chi connectivity index (χ1n) is 8.03. The van der Waals surface area contributed by atoms with Crippen LogP contribution >= 0.6 is 35.1 Å². The van der Waals surface area contributed by atoms with Crippen molar-refractivity contribution in [3.8, 4) is 5.69 Å². The molecule has 1 amide bonds. The molecule has 1 aliphatic heterocycles. The highest BCUT2D eigenvalue weighted by molar-refractivity contribution is 8.00. The van der Waals surface area contributed by atoms with Crippen LogP contribution in [0, 0.1) is 0 Å². The van der Waals surface area contributed by atoms with Crippen molar-refractivity contribution >= 4 is 46.7 Å². The maximum Gasteiger partial charge on any atom is 0.237 e. The number of hydrogen-bond acceptors (Lipinski definition) is 5. The number of thioether (sulfide) groups is 2. The van der Waals surface area contributed by atoms with E-state index in [2.05, 4.69) is 16.3 Å². The van der Waals surface area contributed by atoms with Crippen LogP contribution in [0.2, 0.25) is 5.02 Å². The molecule has 0 saturated carbocycles. The second-order valence-electron chi connectivity index (χ2n) is 5.61. The Kier molecular flexibility index (Phi) is 5.19. The van der Waals surface area contributed by atoms with Crippen molar-refractivity contribution in [2.75, 3.05) is 23.0 Å². The van der Waals surface area contributed by atoms with Gasteiger partial charge in [0.25, 0.3) is 0 Å². The summed E-state index contributed by atoms with van der Waals surface area (Å²) in [6, 6.07) is 15.5. The van der Waals surface area contributed by atoms with Crippen LogP contribution in [-0.4, -0.2) is 38.7 Å². The van der Waals surface area contributed by atoms with Crippen LogP contribution < -0.4 is 4.90 Å². The topological polar surface area (TPSA) is 51.0 Å². The van der Waals surface area contributed by atoms with E-state index < -0.39 is 0 Å². The van der Waals surface area contributed by atoms with Crippen LogP contribution in [0.25, 0.3) is 5.69 Å². The lowest BCUT2D eigenvalue weighted by atomic mass is 10.3. The third-order valence-corrected chi connectivity index (χ3v) is 6.16. The average molecular weight is 403 g/mol. The van der Waals surface area contributed by atoms with Gasteiger partial charge in [0.2, 0.25) is 5.91 Å². The number of benzene rings is 2. The Morgan fingerprint density at radius 2 is 2.12 bits per heavy atom. The first-order valence-corrected chi connectivity index (χ1v) is 10.4. The van der Waals surface area contributed by atoms with E-state index in [1.54, 1.807) is 18.1 Å². The van der Waals surface area contributed by atoms with Crippen LogP contribution in [0.4, 0.5) is 5.69 Å². The molecule has 0 aliphatic carbocycles. The Morgan fingerprint density at radius 3 is 3.00 bits per heavy atom. The van der Waals surface area contributed by atoms with Gasteiger partial charge in [-0.25, -0.2) is 0 Å². The molecule has 1 aromatic heterocycles. The molecule has 0 unspecified atom stereocenters. The predicted molar refractivity (Wildman–Crippen MR) is 107 cm³/mol.